The van der Waals surface area contributed by atoms with Crippen LogP contribution in [0.25, 0.3) is 0 Å². The van der Waals surface area contributed by atoms with Crippen LogP contribution >= 0.6 is 21.3 Å². The first-order valence-electron chi connectivity index (χ1n) is 4.24. The number of nitrogens with one attached hydrogen (secondary N) is 1. The zero-order valence-electron chi connectivity index (χ0n) is 7.60. The predicted molar refractivity (Wildman–Crippen MR) is 59.2 cm³/mol. The fourth-order valence-electron chi connectivity index (χ4n) is 1.56. The van der Waals surface area contributed by atoms with Crippen LogP contribution in [0.3, 0.4) is 0 Å². The molecular weight excluding hydrogens is 279 g/mol. The molecule has 2 aliphatic rings. The lowest BCUT2D eigenvalue weighted by atomic mass is 9.90. The summed E-state index contributed by atoms with van der Waals surface area (Å²) in [5, 5.41) is 0. The number of allylic oxidation sites excluding steroid dienone is 3. The Morgan fingerprint density at radius 2 is 2.54 bits per heavy atom. The van der Waals surface area contributed by atoms with Crippen LogP contribution < -0.4 is 3.53 Å². The van der Waals surface area contributed by atoms with Crippen molar-refractivity contribution in [3.05, 3.63) is 23.0 Å². The highest BCUT2D eigenvalue weighted by molar-refractivity contribution is 14.1. The molecule has 0 unspecified atom stereocenters. The van der Waals surface area contributed by atoms with Crippen molar-refractivity contribution in [2.24, 2.45) is 9.06 Å². The molecule has 0 bridgehead atoms. The van der Waals surface area contributed by atoms with Gasteiger partial charge in [-0.1, -0.05) is 6.92 Å². The molecular formula is C9H11IN2O. The first-order chi connectivity index (χ1) is 6.18. The van der Waals surface area contributed by atoms with E-state index in [2.05, 4.69) is 13.6 Å². The summed E-state index contributed by atoms with van der Waals surface area (Å²) in [6, 6.07) is 0. The van der Waals surface area contributed by atoms with E-state index in [9.17, 15) is 4.79 Å². The number of Topliss-reactive ketones (excluding diaryl/α,β-unsaturated/α-hetero) is 1. The number of halogens is 1. The fourth-order valence-corrected chi connectivity index (χ4v) is 3.40. The van der Waals surface area contributed by atoms with Crippen molar-refractivity contribution in [1.82, 2.24) is 3.53 Å². The Kier molecular flexibility index (Phi) is 2.31. The van der Waals surface area contributed by atoms with Crippen LogP contribution in [0.15, 0.2) is 26.2 Å². The second kappa shape index (κ2) is 3.32. The minimum atomic E-state index is -0.232. The van der Waals surface area contributed by atoms with Gasteiger partial charge in [0.25, 0.3) is 0 Å². The highest BCUT2D eigenvalue weighted by atomic mass is 127. The Bertz CT molecular complexity index is 355. The molecule has 0 amide bonds. The maximum Gasteiger partial charge on any atom is 0.155 e. The molecule has 3 nitrogen and oxygen atoms in total. The molecule has 70 valence electrons. The minimum absolute atomic E-state index is 0.179. The largest absolute Gasteiger partial charge is 0.320 e. The molecule has 2 rings (SSSR count). The first kappa shape index (κ1) is 9.05. The lowest BCUT2D eigenvalue weighted by Crippen LogP contribution is -2.16. The standard InChI is InChI=1S/C9H11IN2O/c1-5-3-7(6(2)13)4-8-9(5)12-10-11-8/h4-5H,3H2,1-2H3,(H,11,12)/t5-/m1/s1. The molecule has 4 heteroatoms. The van der Waals surface area contributed by atoms with Crippen LogP contribution in [0.2, 0.25) is 0 Å². The topological polar surface area (TPSA) is 41.5 Å². The van der Waals surface area contributed by atoms with Gasteiger partial charge in [-0.05, 0) is 25.0 Å². The number of ketones is 1. The first-order valence-corrected chi connectivity index (χ1v) is 6.28. The molecule has 0 aromatic heterocycles. The van der Waals surface area contributed by atoms with Crippen LogP contribution in [-0.4, -0.2) is 5.78 Å². The summed E-state index contributed by atoms with van der Waals surface area (Å²) < 4.78 is 7.73. The maximum atomic E-state index is 11.2. The minimum Gasteiger partial charge on any atom is -0.320 e. The smallest absolute Gasteiger partial charge is 0.155 e. The monoisotopic (exact) mass is 290 g/mol. The van der Waals surface area contributed by atoms with E-state index in [0.717, 1.165) is 17.7 Å². The van der Waals surface area contributed by atoms with Crippen molar-refractivity contribution in [3.63, 3.8) is 0 Å². The lowest BCUT2D eigenvalue weighted by Gasteiger charge is -2.18. The zero-order valence-corrected chi connectivity index (χ0v) is 9.75. The summed E-state index contributed by atoms with van der Waals surface area (Å²) in [5.74, 6) is 0.614. The van der Waals surface area contributed by atoms with Gasteiger partial charge >= 0.3 is 0 Å². The molecule has 0 saturated carbocycles. The second-order valence-electron chi connectivity index (χ2n) is 3.39. The summed E-state index contributed by atoms with van der Waals surface area (Å²) in [7, 11) is 0. The maximum absolute atomic E-state index is 11.2. The molecule has 1 N–H and O–H groups in total. The van der Waals surface area contributed by atoms with E-state index in [0.29, 0.717) is 5.92 Å². The van der Waals surface area contributed by atoms with Gasteiger partial charge in [-0.25, -0.2) is 3.15 Å². The highest BCUT2D eigenvalue weighted by Crippen LogP contribution is 2.34. The summed E-state index contributed by atoms with van der Waals surface area (Å²) in [4.78, 5) is 11.2. The number of carbonyl (C=O) groups is 1. The van der Waals surface area contributed by atoms with Crippen molar-refractivity contribution < 1.29 is 4.79 Å². The van der Waals surface area contributed by atoms with E-state index in [1.165, 1.54) is 5.70 Å². The molecule has 1 aliphatic carbocycles. The molecule has 0 fully saturated rings. The van der Waals surface area contributed by atoms with Crippen LogP contribution in [0.1, 0.15) is 20.3 Å². The van der Waals surface area contributed by atoms with E-state index in [-0.39, 0.29) is 27.1 Å². The normalized spacial score (nSPS) is 26.0. The number of hydrogen-bond donors (Lipinski definition) is 1. The fraction of sp³-hybridized carbons (Fsp3) is 0.444. The number of carbonyl (C=O) groups excluding carboxylic acids is 1. The quantitative estimate of drug-likeness (QED) is 0.595. The molecule has 0 radical (unpaired) electrons. The van der Waals surface area contributed by atoms with Crippen LogP contribution in [0.4, 0.5) is 0 Å². The molecule has 0 aromatic rings. The van der Waals surface area contributed by atoms with E-state index in [4.69, 9.17) is 0 Å². The molecule has 13 heavy (non-hydrogen) atoms. The third-order valence-electron chi connectivity index (χ3n) is 2.34. The van der Waals surface area contributed by atoms with Crippen LogP contribution in [-0.2, 0) is 4.79 Å². The highest BCUT2D eigenvalue weighted by Gasteiger charge is 2.24. The number of hydrogen-bond acceptors (Lipinski definition) is 3. The van der Waals surface area contributed by atoms with Gasteiger partial charge in [0.2, 0.25) is 0 Å². The van der Waals surface area contributed by atoms with Gasteiger partial charge in [0.1, 0.15) is 21.3 Å². The molecule has 1 aliphatic heterocycles. The van der Waals surface area contributed by atoms with E-state index in [1.807, 2.05) is 6.08 Å². The summed E-state index contributed by atoms with van der Waals surface area (Å²) in [5.41, 5.74) is 3.19. The predicted octanol–water partition coefficient (Wildman–Crippen LogP) is 2.43. The number of rotatable bonds is 1. The molecule has 1 heterocycles. The van der Waals surface area contributed by atoms with Crippen molar-refractivity contribution in [2.75, 3.05) is 0 Å². The number of nitrogens with zero attached hydrogens (tertiary/aromatic N) is 1. The van der Waals surface area contributed by atoms with Crippen molar-refractivity contribution >= 4 is 27.1 Å². The molecule has 0 spiro atoms. The second-order valence-corrected chi connectivity index (χ2v) is 4.90. The van der Waals surface area contributed by atoms with Gasteiger partial charge in [0, 0.05) is 5.92 Å². The third-order valence-corrected chi connectivity index (χ3v) is 3.92. The van der Waals surface area contributed by atoms with Gasteiger partial charge in [-0.2, -0.15) is 0 Å². The molecule has 0 saturated heterocycles. The molecule has 0 aromatic carbocycles. The van der Waals surface area contributed by atoms with Crippen molar-refractivity contribution in [3.8, 4) is 0 Å². The molecule has 1 atom stereocenters. The van der Waals surface area contributed by atoms with Crippen molar-refractivity contribution in [1.29, 1.82) is 0 Å². The van der Waals surface area contributed by atoms with Gasteiger partial charge in [0.05, 0.1) is 11.4 Å². The SMILES string of the molecule is CC(=O)C1=CC2=C(NI=N2)[C@H](C)C1. The van der Waals surface area contributed by atoms with Crippen LogP contribution in [0.5, 0.6) is 0 Å². The average Bonchev–Trinajstić information content (AvgIpc) is 2.51. The lowest BCUT2D eigenvalue weighted by molar-refractivity contribution is -0.113. The summed E-state index contributed by atoms with van der Waals surface area (Å²) >= 11 is -0.232. The summed E-state index contributed by atoms with van der Waals surface area (Å²) in [6.07, 6.45) is 2.80. The Morgan fingerprint density at radius 1 is 1.77 bits per heavy atom. The Labute approximate surface area is 87.8 Å². The van der Waals surface area contributed by atoms with Crippen molar-refractivity contribution in [2.45, 2.75) is 20.3 Å². The van der Waals surface area contributed by atoms with Gasteiger partial charge < -0.3 is 3.53 Å². The van der Waals surface area contributed by atoms with Gasteiger partial charge in [0.15, 0.2) is 5.78 Å². The summed E-state index contributed by atoms with van der Waals surface area (Å²) in [6.45, 7) is 3.77. The van der Waals surface area contributed by atoms with E-state index >= 15 is 0 Å². The van der Waals surface area contributed by atoms with Gasteiger partial charge in [-0.3, -0.25) is 4.79 Å². The Morgan fingerprint density at radius 3 is 3.23 bits per heavy atom. The van der Waals surface area contributed by atoms with E-state index < -0.39 is 0 Å². The Hall–Kier alpha value is -0.520. The van der Waals surface area contributed by atoms with E-state index in [1.54, 1.807) is 6.92 Å². The Balaban J connectivity index is 2.37. The average molecular weight is 290 g/mol. The third kappa shape index (κ3) is 1.59. The zero-order chi connectivity index (χ0) is 9.42. The van der Waals surface area contributed by atoms with Gasteiger partial charge in [-0.15, -0.1) is 0 Å². The van der Waals surface area contributed by atoms with Crippen LogP contribution in [0, 0.1) is 5.92 Å².